The van der Waals surface area contributed by atoms with E-state index in [9.17, 15) is 0 Å². The van der Waals surface area contributed by atoms with E-state index >= 15 is 0 Å². The highest BCUT2D eigenvalue weighted by molar-refractivity contribution is 7.17. The van der Waals surface area contributed by atoms with Crippen molar-refractivity contribution in [3.63, 3.8) is 0 Å². The van der Waals surface area contributed by atoms with Crippen molar-refractivity contribution < 1.29 is 0 Å². The summed E-state index contributed by atoms with van der Waals surface area (Å²) in [7, 11) is 0. The van der Waals surface area contributed by atoms with Gasteiger partial charge in [-0.1, -0.05) is 18.2 Å². The summed E-state index contributed by atoms with van der Waals surface area (Å²) in [4.78, 5) is 3.46. The Morgan fingerprint density at radius 1 is 0.875 bits per heavy atom. The SMILES string of the molecule is c1ccc2c(c1)[nH]c1cc3ccsc3cc12. The van der Waals surface area contributed by atoms with Crippen molar-refractivity contribution in [1.29, 1.82) is 0 Å². The molecular weight excluding hydrogens is 214 g/mol. The maximum Gasteiger partial charge on any atom is 0.0471 e. The number of hydrogen-bond donors (Lipinski definition) is 1. The van der Waals surface area contributed by atoms with E-state index in [0.29, 0.717) is 0 Å². The van der Waals surface area contributed by atoms with Crippen LogP contribution in [0.3, 0.4) is 0 Å². The Morgan fingerprint density at radius 3 is 2.81 bits per heavy atom. The number of fused-ring (bicyclic) bond motifs is 4. The molecule has 0 atom stereocenters. The summed E-state index contributed by atoms with van der Waals surface area (Å²) in [6, 6.07) is 15.2. The van der Waals surface area contributed by atoms with Crippen LogP contribution in [0.4, 0.5) is 0 Å². The third kappa shape index (κ3) is 0.996. The second-order valence-electron chi connectivity index (χ2n) is 4.03. The summed E-state index contributed by atoms with van der Waals surface area (Å²) in [5.74, 6) is 0. The van der Waals surface area contributed by atoms with Crippen LogP contribution in [0.25, 0.3) is 31.9 Å². The van der Waals surface area contributed by atoms with Gasteiger partial charge in [0.2, 0.25) is 0 Å². The molecule has 0 aliphatic heterocycles. The van der Waals surface area contributed by atoms with Crippen LogP contribution in [-0.2, 0) is 0 Å². The Balaban J connectivity index is 2.32. The molecule has 0 radical (unpaired) electrons. The molecular formula is C14H9NS. The number of hydrogen-bond acceptors (Lipinski definition) is 1. The fourth-order valence-corrected chi connectivity index (χ4v) is 3.12. The van der Waals surface area contributed by atoms with Gasteiger partial charge < -0.3 is 4.98 Å². The lowest BCUT2D eigenvalue weighted by Crippen LogP contribution is -1.66. The largest absolute Gasteiger partial charge is 0.354 e. The molecule has 2 heterocycles. The molecule has 16 heavy (non-hydrogen) atoms. The van der Waals surface area contributed by atoms with Crippen LogP contribution in [0.2, 0.25) is 0 Å². The van der Waals surface area contributed by atoms with Crippen molar-refractivity contribution >= 4 is 43.2 Å². The molecule has 2 aromatic heterocycles. The third-order valence-electron chi connectivity index (χ3n) is 3.08. The standard InChI is InChI=1S/C14H9NS/c1-2-4-12-10(3-1)11-8-14-9(5-6-16-14)7-13(11)15-12/h1-8,15H. The molecule has 1 N–H and O–H groups in total. The van der Waals surface area contributed by atoms with E-state index in [1.807, 2.05) is 0 Å². The summed E-state index contributed by atoms with van der Waals surface area (Å²) in [6.45, 7) is 0. The molecule has 0 spiro atoms. The molecule has 0 saturated heterocycles. The third-order valence-corrected chi connectivity index (χ3v) is 3.96. The first-order valence-corrected chi connectivity index (χ1v) is 6.17. The number of para-hydroxylation sites is 1. The number of H-pyrrole nitrogens is 1. The van der Waals surface area contributed by atoms with Crippen LogP contribution in [0, 0.1) is 0 Å². The maximum atomic E-state index is 3.46. The Bertz CT molecular complexity index is 807. The highest BCUT2D eigenvalue weighted by atomic mass is 32.1. The normalized spacial score (nSPS) is 11.8. The molecule has 1 nitrogen and oxygen atoms in total. The smallest absolute Gasteiger partial charge is 0.0471 e. The first-order chi connectivity index (χ1) is 7.92. The van der Waals surface area contributed by atoms with E-state index in [-0.39, 0.29) is 0 Å². The Labute approximate surface area is 96.3 Å². The van der Waals surface area contributed by atoms with Gasteiger partial charge in [0, 0.05) is 26.5 Å². The highest BCUT2D eigenvalue weighted by Crippen LogP contribution is 2.31. The van der Waals surface area contributed by atoms with E-state index < -0.39 is 0 Å². The summed E-state index contributed by atoms with van der Waals surface area (Å²) in [5.41, 5.74) is 2.45. The van der Waals surface area contributed by atoms with E-state index in [2.05, 4.69) is 52.8 Å². The molecule has 4 aromatic rings. The fourth-order valence-electron chi connectivity index (χ4n) is 2.31. The molecule has 4 rings (SSSR count). The molecule has 0 fully saturated rings. The minimum Gasteiger partial charge on any atom is -0.354 e. The Hall–Kier alpha value is -1.80. The van der Waals surface area contributed by atoms with Gasteiger partial charge in [0.05, 0.1) is 0 Å². The molecule has 2 aromatic carbocycles. The Morgan fingerprint density at radius 2 is 1.81 bits per heavy atom. The van der Waals surface area contributed by atoms with Crippen LogP contribution in [0.1, 0.15) is 0 Å². The lowest BCUT2D eigenvalue weighted by molar-refractivity contribution is 1.56. The Kier molecular flexibility index (Phi) is 1.50. The molecule has 0 aliphatic carbocycles. The maximum absolute atomic E-state index is 3.46. The lowest BCUT2D eigenvalue weighted by atomic mass is 10.1. The van der Waals surface area contributed by atoms with Gasteiger partial charge in [-0.15, -0.1) is 11.3 Å². The van der Waals surface area contributed by atoms with Gasteiger partial charge >= 0.3 is 0 Å². The van der Waals surface area contributed by atoms with Gasteiger partial charge in [0.1, 0.15) is 0 Å². The van der Waals surface area contributed by atoms with Crippen LogP contribution in [0.5, 0.6) is 0 Å². The van der Waals surface area contributed by atoms with Crippen LogP contribution in [0.15, 0.2) is 47.8 Å². The first-order valence-electron chi connectivity index (χ1n) is 5.29. The zero-order chi connectivity index (χ0) is 10.5. The minimum absolute atomic E-state index is 1.22. The van der Waals surface area contributed by atoms with Crippen molar-refractivity contribution in [2.75, 3.05) is 0 Å². The van der Waals surface area contributed by atoms with Crippen molar-refractivity contribution in [3.8, 4) is 0 Å². The minimum atomic E-state index is 1.22. The molecule has 2 heteroatoms. The van der Waals surface area contributed by atoms with Crippen molar-refractivity contribution in [1.82, 2.24) is 4.98 Å². The van der Waals surface area contributed by atoms with Crippen LogP contribution >= 0.6 is 11.3 Å². The summed E-state index contributed by atoms with van der Waals surface area (Å²) in [5, 5.41) is 6.11. The monoisotopic (exact) mass is 223 g/mol. The number of nitrogens with one attached hydrogen (secondary N) is 1. The average Bonchev–Trinajstić information content (AvgIpc) is 2.88. The molecule has 0 bridgehead atoms. The topological polar surface area (TPSA) is 15.8 Å². The molecule has 0 amide bonds. The zero-order valence-electron chi connectivity index (χ0n) is 8.53. The van der Waals surface area contributed by atoms with Crippen LogP contribution < -0.4 is 0 Å². The van der Waals surface area contributed by atoms with Crippen molar-refractivity contribution in [2.45, 2.75) is 0 Å². The van der Waals surface area contributed by atoms with E-state index in [1.54, 1.807) is 11.3 Å². The summed E-state index contributed by atoms with van der Waals surface area (Å²) >= 11 is 1.80. The lowest BCUT2D eigenvalue weighted by Gasteiger charge is -1.92. The second-order valence-corrected chi connectivity index (χ2v) is 4.97. The average molecular weight is 223 g/mol. The summed E-state index contributed by atoms with van der Waals surface area (Å²) in [6.07, 6.45) is 0. The molecule has 0 saturated carbocycles. The van der Waals surface area contributed by atoms with Crippen LogP contribution in [-0.4, -0.2) is 4.98 Å². The number of aromatic amines is 1. The van der Waals surface area contributed by atoms with Crippen molar-refractivity contribution in [3.05, 3.63) is 47.8 Å². The zero-order valence-corrected chi connectivity index (χ0v) is 9.34. The number of thiophene rings is 1. The number of benzene rings is 2. The van der Waals surface area contributed by atoms with Crippen molar-refractivity contribution in [2.24, 2.45) is 0 Å². The predicted octanol–water partition coefficient (Wildman–Crippen LogP) is 4.54. The first kappa shape index (κ1) is 8.36. The highest BCUT2D eigenvalue weighted by Gasteiger charge is 2.05. The van der Waals surface area contributed by atoms with Gasteiger partial charge in [-0.25, -0.2) is 0 Å². The fraction of sp³-hybridized carbons (Fsp3) is 0. The molecule has 76 valence electrons. The number of rotatable bonds is 0. The quantitative estimate of drug-likeness (QED) is 0.450. The van der Waals surface area contributed by atoms with Gasteiger partial charge in [0.25, 0.3) is 0 Å². The van der Waals surface area contributed by atoms with Gasteiger partial charge in [-0.2, -0.15) is 0 Å². The summed E-state index contributed by atoms with van der Waals surface area (Å²) < 4.78 is 1.36. The van der Waals surface area contributed by atoms with Gasteiger partial charge in [-0.3, -0.25) is 0 Å². The van der Waals surface area contributed by atoms with E-state index in [4.69, 9.17) is 0 Å². The number of aromatic nitrogens is 1. The van der Waals surface area contributed by atoms with E-state index in [0.717, 1.165) is 0 Å². The van der Waals surface area contributed by atoms with E-state index in [1.165, 1.54) is 31.9 Å². The second kappa shape index (κ2) is 2.86. The molecule has 0 aliphatic rings. The van der Waals surface area contributed by atoms with Gasteiger partial charge in [0.15, 0.2) is 0 Å². The van der Waals surface area contributed by atoms with Gasteiger partial charge in [-0.05, 0) is 35.0 Å². The predicted molar refractivity (Wildman–Crippen MR) is 71.2 cm³/mol. The molecule has 0 unspecified atom stereocenters.